The Labute approximate surface area is 137 Å². The van der Waals surface area contributed by atoms with Gasteiger partial charge < -0.3 is 0 Å². The van der Waals surface area contributed by atoms with Gasteiger partial charge in [0.15, 0.2) is 0 Å². The second-order valence-corrected chi connectivity index (χ2v) is 5.48. The summed E-state index contributed by atoms with van der Waals surface area (Å²) in [6.45, 7) is 0. The SMILES string of the molecule is Cl.SC(c1ccccc1)(c1ccccc1)c1ccccc1. The highest BCUT2D eigenvalue weighted by Crippen LogP contribution is 2.42. The predicted molar refractivity (Wildman–Crippen MR) is 95.4 cm³/mol. The van der Waals surface area contributed by atoms with E-state index in [-0.39, 0.29) is 12.4 Å². The van der Waals surface area contributed by atoms with Crippen molar-refractivity contribution in [3.63, 3.8) is 0 Å². The summed E-state index contributed by atoms with van der Waals surface area (Å²) in [4.78, 5) is 0. The fourth-order valence-corrected chi connectivity index (χ4v) is 2.99. The molecule has 3 aromatic rings. The van der Waals surface area contributed by atoms with Crippen LogP contribution in [0.15, 0.2) is 91.0 Å². The van der Waals surface area contributed by atoms with Crippen molar-refractivity contribution in [3.05, 3.63) is 108 Å². The van der Waals surface area contributed by atoms with E-state index in [9.17, 15) is 0 Å². The third-order valence-electron chi connectivity index (χ3n) is 3.57. The van der Waals surface area contributed by atoms with Crippen LogP contribution in [-0.2, 0) is 4.75 Å². The molecule has 21 heavy (non-hydrogen) atoms. The molecule has 3 rings (SSSR count). The molecule has 0 amide bonds. The van der Waals surface area contributed by atoms with Gasteiger partial charge in [-0.1, -0.05) is 91.0 Å². The Morgan fingerprint density at radius 2 is 0.714 bits per heavy atom. The largest absolute Gasteiger partial charge is 0.158 e. The van der Waals surface area contributed by atoms with Crippen LogP contribution in [0, 0.1) is 0 Å². The average molecular weight is 313 g/mol. The highest BCUT2D eigenvalue weighted by molar-refractivity contribution is 7.81. The second kappa shape index (κ2) is 6.84. The van der Waals surface area contributed by atoms with E-state index >= 15 is 0 Å². The van der Waals surface area contributed by atoms with Crippen molar-refractivity contribution in [1.29, 1.82) is 0 Å². The lowest BCUT2D eigenvalue weighted by Gasteiger charge is -2.30. The molecule has 0 aromatic heterocycles. The Balaban J connectivity index is 0.00000161. The minimum absolute atomic E-state index is 0. The first-order valence-electron chi connectivity index (χ1n) is 6.71. The summed E-state index contributed by atoms with van der Waals surface area (Å²) in [5.41, 5.74) is 3.54. The number of benzene rings is 3. The molecule has 0 fully saturated rings. The standard InChI is InChI=1S/C19H16S.ClH/c20-19(16-10-4-1-5-11-16,17-12-6-2-7-13-17)18-14-8-3-9-15-18;/h1-15,20H;1H. The monoisotopic (exact) mass is 312 g/mol. The van der Waals surface area contributed by atoms with Crippen LogP contribution in [0.25, 0.3) is 0 Å². The molecular weight excluding hydrogens is 296 g/mol. The number of hydrogen-bond donors (Lipinski definition) is 1. The molecule has 0 saturated carbocycles. The summed E-state index contributed by atoms with van der Waals surface area (Å²) in [5.74, 6) is 0. The fraction of sp³-hybridized carbons (Fsp3) is 0.0526. The van der Waals surface area contributed by atoms with Crippen molar-refractivity contribution in [1.82, 2.24) is 0 Å². The van der Waals surface area contributed by atoms with Crippen molar-refractivity contribution in [2.75, 3.05) is 0 Å². The van der Waals surface area contributed by atoms with Crippen LogP contribution in [0.3, 0.4) is 0 Å². The minimum atomic E-state index is -0.427. The zero-order valence-corrected chi connectivity index (χ0v) is 13.2. The van der Waals surface area contributed by atoms with E-state index in [0.717, 1.165) is 0 Å². The van der Waals surface area contributed by atoms with Gasteiger partial charge in [-0.25, -0.2) is 0 Å². The highest BCUT2D eigenvalue weighted by Gasteiger charge is 2.31. The molecule has 0 saturated heterocycles. The normalized spacial score (nSPS) is 10.7. The molecule has 0 aliphatic heterocycles. The van der Waals surface area contributed by atoms with Crippen LogP contribution in [0.4, 0.5) is 0 Å². The third-order valence-corrected chi connectivity index (χ3v) is 4.35. The Bertz CT molecular complexity index is 569. The lowest BCUT2D eigenvalue weighted by Crippen LogP contribution is -2.22. The van der Waals surface area contributed by atoms with E-state index in [2.05, 4.69) is 72.8 Å². The topological polar surface area (TPSA) is 0 Å². The molecule has 0 nitrogen and oxygen atoms in total. The fourth-order valence-electron chi connectivity index (χ4n) is 2.54. The lowest BCUT2D eigenvalue weighted by atomic mass is 9.84. The van der Waals surface area contributed by atoms with E-state index in [1.54, 1.807) is 0 Å². The van der Waals surface area contributed by atoms with Crippen molar-refractivity contribution in [2.45, 2.75) is 4.75 Å². The number of hydrogen-bond acceptors (Lipinski definition) is 1. The average Bonchev–Trinajstić information content (AvgIpc) is 2.56. The van der Waals surface area contributed by atoms with E-state index in [4.69, 9.17) is 12.6 Å². The van der Waals surface area contributed by atoms with Gasteiger partial charge in [-0.3, -0.25) is 0 Å². The van der Waals surface area contributed by atoms with Gasteiger partial charge in [-0.05, 0) is 16.7 Å². The molecule has 0 radical (unpaired) electrons. The molecule has 0 unspecified atom stereocenters. The number of rotatable bonds is 3. The summed E-state index contributed by atoms with van der Waals surface area (Å²) in [7, 11) is 0. The molecule has 0 aliphatic carbocycles. The summed E-state index contributed by atoms with van der Waals surface area (Å²) < 4.78 is -0.427. The molecule has 0 heterocycles. The van der Waals surface area contributed by atoms with Crippen LogP contribution in [0.2, 0.25) is 0 Å². The molecule has 0 bridgehead atoms. The molecule has 0 N–H and O–H groups in total. The van der Waals surface area contributed by atoms with Crippen molar-refractivity contribution >= 4 is 25.0 Å². The van der Waals surface area contributed by atoms with Crippen LogP contribution in [-0.4, -0.2) is 0 Å². The van der Waals surface area contributed by atoms with Gasteiger partial charge in [-0.15, -0.1) is 12.4 Å². The lowest BCUT2D eigenvalue weighted by molar-refractivity contribution is 0.905. The van der Waals surface area contributed by atoms with Crippen LogP contribution in [0.5, 0.6) is 0 Å². The first kappa shape index (κ1) is 15.7. The molecule has 2 heteroatoms. The zero-order valence-electron chi connectivity index (χ0n) is 11.5. The van der Waals surface area contributed by atoms with Crippen LogP contribution in [0.1, 0.15) is 16.7 Å². The van der Waals surface area contributed by atoms with Crippen molar-refractivity contribution < 1.29 is 0 Å². The van der Waals surface area contributed by atoms with E-state index in [0.29, 0.717) is 0 Å². The maximum Gasteiger partial charge on any atom is 0.0878 e. The Kier molecular flexibility index (Phi) is 5.11. The van der Waals surface area contributed by atoms with Crippen molar-refractivity contribution in [2.24, 2.45) is 0 Å². The summed E-state index contributed by atoms with van der Waals surface area (Å²) in [6, 6.07) is 31.3. The van der Waals surface area contributed by atoms with E-state index in [1.807, 2.05) is 18.2 Å². The second-order valence-electron chi connectivity index (χ2n) is 4.81. The van der Waals surface area contributed by atoms with E-state index in [1.165, 1.54) is 16.7 Å². The van der Waals surface area contributed by atoms with Gasteiger partial charge in [-0.2, -0.15) is 12.6 Å². The molecule has 0 spiro atoms. The molecule has 0 atom stereocenters. The van der Waals surface area contributed by atoms with Gasteiger partial charge >= 0.3 is 0 Å². The maximum atomic E-state index is 5.09. The van der Waals surface area contributed by atoms with Gasteiger partial charge in [0.2, 0.25) is 0 Å². The summed E-state index contributed by atoms with van der Waals surface area (Å²) in [5, 5.41) is 0. The smallest absolute Gasteiger partial charge is 0.0878 e. The maximum absolute atomic E-state index is 5.09. The quantitative estimate of drug-likeness (QED) is 0.490. The van der Waals surface area contributed by atoms with Gasteiger partial charge in [0, 0.05) is 0 Å². The Hall–Kier alpha value is -1.70. The minimum Gasteiger partial charge on any atom is -0.158 e. The van der Waals surface area contributed by atoms with Gasteiger partial charge in [0.25, 0.3) is 0 Å². The predicted octanol–water partition coefficient (Wildman–Crippen LogP) is 5.33. The Morgan fingerprint density at radius 1 is 0.476 bits per heavy atom. The zero-order chi connectivity index (χ0) is 13.8. The van der Waals surface area contributed by atoms with Crippen molar-refractivity contribution in [3.8, 4) is 0 Å². The first-order valence-corrected chi connectivity index (χ1v) is 7.15. The molecular formula is C19H17ClS. The number of thiol groups is 1. The molecule has 3 aromatic carbocycles. The molecule has 0 aliphatic rings. The van der Waals surface area contributed by atoms with Gasteiger partial charge in [0.1, 0.15) is 0 Å². The van der Waals surface area contributed by atoms with Crippen LogP contribution < -0.4 is 0 Å². The summed E-state index contributed by atoms with van der Waals surface area (Å²) >= 11 is 5.09. The van der Waals surface area contributed by atoms with E-state index < -0.39 is 4.75 Å². The first-order chi connectivity index (χ1) is 9.82. The van der Waals surface area contributed by atoms with Crippen LogP contribution >= 0.6 is 25.0 Å². The Morgan fingerprint density at radius 3 is 0.952 bits per heavy atom. The highest BCUT2D eigenvalue weighted by atomic mass is 35.5. The third kappa shape index (κ3) is 2.99. The number of halogens is 1. The summed E-state index contributed by atoms with van der Waals surface area (Å²) in [6.07, 6.45) is 0. The molecule has 106 valence electrons. The van der Waals surface area contributed by atoms with Gasteiger partial charge in [0.05, 0.1) is 4.75 Å².